The monoisotopic (exact) mass is 206 g/mol. The van der Waals surface area contributed by atoms with E-state index in [-0.39, 0.29) is 5.82 Å². The topological polar surface area (TPSA) is 30.9 Å². The number of hydrogen-bond donors (Lipinski definition) is 1. The Kier molecular flexibility index (Phi) is 2.49. The number of benzene rings is 1. The number of hydrogen-bond acceptors (Lipinski definition) is 1. The molecular weight excluding hydrogens is 191 g/mol. The molecule has 0 unspecified atom stereocenters. The molecule has 3 heteroatoms. The molecule has 2 N–H and O–H groups in total. The summed E-state index contributed by atoms with van der Waals surface area (Å²) in [5.41, 5.74) is 8.22. The lowest BCUT2D eigenvalue weighted by atomic mass is 10.1. The van der Waals surface area contributed by atoms with Gasteiger partial charge in [-0.15, -0.1) is 0 Å². The molecule has 0 atom stereocenters. The van der Waals surface area contributed by atoms with Crippen molar-refractivity contribution < 1.29 is 4.39 Å². The minimum absolute atomic E-state index is 0.161. The van der Waals surface area contributed by atoms with Crippen LogP contribution in [0.4, 0.5) is 4.39 Å². The van der Waals surface area contributed by atoms with E-state index >= 15 is 0 Å². The molecule has 0 spiro atoms. The van der Waals surface area contributed by atoms with Crippen LogP contribution in [0.5, 0.6) is 0 Å². The van der Waals surface area contributed by atoms with Gasteiger partial charge in [-0.2, -0.15) is 0 Å². The molecule has 2 aromatic rings. The molecule has 0 aliphatic heterocycles. The maximum Gasteiger partial charge on any atom is 0.147 e. The van der Waals surface area contributed by atoms with Crippen molar-refractivity contribution in [3.05, 3.63) is 35.3 Å². The molecular formula is C12H15FN2. The molecule has 2 rings (SSSR count). The van der Waals surface area contributed by atoms with E-state index in [2.05, 4.69) is 0 Å². The molecule has 1 heterocycles. The fourth-order valence-corrected chi connectivity index (χ4v) is 2.05. The lowest BCUT2D eigenvalue weighted by Crippen LogP contribution is -2.03. The number of nitrogens with two attached hydrogens (primary N) is 1. The van der Waals surface area contributed by atoms with Crippen molar-refractivity contribution >= 4 is 10.9 Å². The quantitative estimate of drug-likeness (QED) is 0.801. The number of rotatable bonds is 2. The molecule has 0 aliphatic rings. The third kappa shape index (κ3) is 1.63. The molecule has 0 saturated heterocycles. The second-order valence-electron chi connectivity index (χ2n) is 3.94. The standard InChI is InChI=1S/C12H15FN2/c1-8-7-15(2)12-10(8)5-9(3-4-14)6-11(12)13/h5-7H,3-4,14H2,1-2H3. The zero-order chi connectivity index (χ0) is 11.0. The van der Waals surface area contributed by atoms with E-state index in [1.165, 1.54) is 0 Å². The summed E-state index contributed by atoms with van der Waals surface area (Å²) in [5, 5.41) is 0.987. The fraction of sp³-hybridized carbons (Fsp3) is 0.333. The molecule has 0 radical (unpaired) electrons. The highest BCUT2D eigenvalue weighted by Crippen LogP contribution is 2.24. The largest absolute Gasteiger partial charge is 0.348 e. The zero-order valence-electron chi connectivity index (χ0n) is 9.05. The molecule has 0 fully saturated rings. The van der Waals surface area contributed by atoms with Crippen LogP contribution in [-0.2, 0) is 13.5 Å². The predicted molar refractivity (Wildman–Crippen MR) is 60.4 cm³/mol. The zero-order valence-corrected chi connectivity index (χ0v) is 9.05. The van der Waals surface area contributed by atoms with Crippen LogP contribution in [0.2, 0.25) is 0 Å². The van der Waals surface area contributed by atoms with Crippen molar-refractivity contribution in [1.29, 1.82) is 0 Å². The van der Waals surface area contributed by atoms with Gasteiger partial charge in [-0.25, -0.2) is 4.39 Å². The van der Waals surface area contributed by atoms with Gasteiger partial charge in [-0.05, 0) is 43.1 Å². The molecule has 0 amide bonds. The van der Waals surface area contributed by atoms with E-state index in [0.29, 0.717) is 12.1 Å². The summed E-state index contributed by atoms with van der Waals surface area (Å²) >= 11 is 0. The van der Waals surface area contributed by atoms with E-state index in [1.54, 1.807) is 6.07 Å². The smallest absolute Gasteiger partial charge is 0.147 e. The Morgan fingerprint density at radius 2 is 2.13 bits per heavy atom. The second kappa shape index (κ2) is 3.66. The van der Waals surface area contributed by atoms with Crippen LogP contribution in [0.3, 0.4) is 0 Å². The van der Waals surface area contributed by atoms with Gasteiger partial charge in [0.15, 0.2) is 0 Å². The molecule has 0 aliphatic carbocycles. The van der Waals surface area contributed by atoms with Crippen molar-refractivity contribution in [1.82, 2.24) is 4.57 Å². The summed E-state index contributed by atoms with van der Waals surface area (Å²) in [6.07, 6.45) is 2.67. The fourth-order valence-electron chi connectivity index (χ4n) is 2.05. The highest BCUT2D eigenvalue weighted by atomic mass is 19.1. The number of nitrogens with zero attached hydrogens (tertiary/aromatic N) is 1. The summed E-state index contributed by atoms with van der Waals surface area (Å²) in [6, 6.07) is 3.61. The number of aromatic nitrogens is 1. The van der Waals surface area contributed by atoms with Gasteiger partial charge in [0, 0.05) is 18.6 Å². The van der Waals surface area contributed by atoms with Crippen LogP contribution in [-0.4, -0.2) is 11.1 Å². The van der Waals surface area contributed by atoms with Crippen LogP contribution in [0.25, 0.3) is 10.9 Å². The van der Waals surface area contributed by atoms with Gasteiger partial charge in [0.1, 0.15) is 5.82 Å². The lowest BCUT2D eigenvalue weighted by molar-refractivity contribution is 0.629. The van der Waals surface area contributed by atoms with E-state index in [4.69, 9.17) is 5.73 Å². The minimum Gasteiger partial charge on any atom is -0.348 e. The number of aryl methyl sites for hydroxylation is 2. The highest BCUT2D eigenvalue weighted by molar-refractivity contribution is 5.85. The predicted octanol–water partition coefficient (Wildman–Crippen LogP) is 2.13. The Morgan fingerprint density at radius 3 is 2.80 bits per heavy atom. The Labute approximate surface area is 88.5 Å². The molecule has 80 valence electrons. The van der Waals surface area contributed by atoms with Crippen LogP contribution >= 0.6 is 0 Å². The molecule has 1 aromatic heterocycles. The first kappa shape index (κ1) is 10.2. The SMILES string of the molecule is Cc1cn(C)c2c(F)cc(CCN)cc12. The summed E-state index contributed by atoms with van der Waals surface area (Å²) in [6.45, 7) is 2.55. The Hall–Kier alpha value is -1.35. The average Bonchev–Trinajstić information content (AvgIpc) is 2.43. The molecule has 2 nitrogen and oxygen atoms in total. The first-order chi connectivity index (χ1) is 7.13. The maximum absolute atomic E-state index is 13.8. The van der Waals surface area contributed by atoms with Crippen molar-refractivity contribution in [3.8, 4) is 0 Å². The number of fused-ring (bicyclic) bond motifs is 1. The molecule has 0 saturated carbocycles. The Morgan fingerprint density at radius 1 is 1.40 bits per heavy atom. The van der Waals surface area contributed by atoms with Gasteiger partial charge in [-0.1, -0.05) is 0 Å². The molecule has 1 aromatic carbocycles. The third-order valence-electron chi connectivity index (χ3n) is 2.72. The number of halogens is 1. The summed E-state index contributed by atoms with van der Waals surface area (Å²) in [7, 11) is 1.86. The van der Waals surface area contributed by atoms with Crippen LogP contribution in [0.1, 0.15) is 11.1 Å². The van der Waals surface area contributed by atoms with E-state index < -0.39 is 0 Å². The second-order valence-corrected chi connectivity index (χ2v) is 3.94. The summed E-state index contributed by atoms with van der Waals surface area (Å²) < 4.78 is 15.6. The van der Waals surface area contributed by atoms with Gasteiger partial charge < -0.3 is 10.3 Å². The molecule has 0 bridgehead atoms. The van der Waals surface area contributed by atoms with Gasteiger partial charge >= 0.3 is 0 Å². The maximum atomic E-state index is 13.8. The Balaban J connectivity index is 2.70. The molecule has 15 heavy (non-hydrogen) atoms. The summed E-state index contributed by atoms with van der Waals surface area (Å²) in [5.74, 6) is -0.161. The van der Waals surface area contributed by atoms with E-state index in [0.717, 1.165) is 22.9 Å². The van der Waals surface area contributed by atoms with Gasteiger partial charge in [-0.3, -0.25) is 0 Å². The first-order valence-electron chi connectivity index (χ1n) is 5.07. The Bertz CT molecular complexity index is 500. The van der Waals surface area contributed by atoms with Crippen molar-refractivity contribution in [3.63, 3.8) is 0 Å². The van der Waals surface area contributed by atoms with Crippen molar-refractivity contribution in [2.24, 2.45) is 12.8 Å². The first-order valence-corrected chi connectivity index (χ1v) is 5.07. The van der Waals surface area contributed by atoms with Gasteiger partial charge in [0.2, 0.25) is 0 Å². The third-order valence-corrected chi connectivity index (χ3v) is 2.72. The lowest BCUT2D eigenvalue weighted by Gasteiger charge is -2.03. The van der Waals surface area contributed by atoms with Crippen molar-refractivity contribution in [2.75, 3.05) is 6.54 Å². The van der Waals surface area contributed by atoms with Crippen LogP contribution in [0, 0.1) is 12.7 Å². The van der Waals surface area contributed by atoms with Crippen LogP contribution < -0.4 is 5.73 Å². The normalized spacial score (nSPS) is 11.2. The van der Waals surface area contributed by atoms with E-state index in [9.17, 15) is 4.39 Å². The van der Waals surface area contributed by atoms with Gasteiger partial charge in [0.05, 0.1) is 5.52 Å². The highest BCUT2D eigenvalue weighted by Gasteiger charge is 2.09. The summed E-state index contributed by atoms with van der Waals surface area (Å²) in [4.78, 5) is 0. The minimum atomic E-state index is -0.161. The van der Waals surface area contributed by atoms with Gasteiger partial charge in [0.25, 0.3) is 0 Å². The van der Waals surface area contributed by atoms with Crippen molar-refractivity contribution in [2.45, 2.75) is 13.3 Å². The van der Waals surface area contributed by atoms with Crippen LogP contribution in [0.15, 0.2) is 18.3 Å². The van der Waals surface area contributed by atoms with E-state index in [1.807, 2.05) is 30.8 Å². The average molecular weight is 206 g/mol.